The fourth-order valence-electron chi connectivity index (χ4n) is 2.63. The molecule has 1 aromatic carbocycles. The van der Waals surface area contributed by atoms with E-state index in [1.165, 1.54) is 6.07 Å². The maximum Gasteiger partial charge on any atom is 0.223 e. The second-order valence-electron chi connectivity index (χ2n) is 5.49. The number of fused-ring (bicyclic) bond motifs is 1. The Morgan fingerprint density at radius 3 is 2.83 bits per heavy atom. The Morgan fingerprint density at radius 1 is 1.22 bits per heavy atom. The molecule has 1 aliphatic heterocycles. The van der Waals surface area contributed by atoms with Gasteiger partial charge in [0.15, 0.2) is 17.4 Å². The number of H-pyrrole nitrogens is 1. The number of aromatic amines is 1. The fraction of sp³-hybridized carbons (Fsp3) is 0.312. The minimum atomic E-state index is -1.06. The van der Waals surface area contributed by atoms with Gasteiger partial charge < -0.3 is 4.90 Å². The summed E-state index contributed by atoms with van der Waals surface area (Å²) in [4.78, 5) is 25.9. The number of carbonyl (C=O) groups is 2. The van der Waals surface area contributed by atoms with Crippen molar-refractivity contribution in [1.29, 1.82) is 0 Å². The van der Waals surface area contributed by atoms with E-state index >= 15 is 0 Å². The van der Waals surface area contributed by atoms with Crippen molar-refractivity contribution in [3.05, 3.63) is 52.9 Å². The Hall–Kier alpha value is -2.57. The quantitative estimate of drug-likeness (QED) is 0.879. The topological polar surface area (TPSA) is 66.1 Å². The van der Waals surface area contributed by atoms with Crippen LogP contribution in [0, 0.1) is 11.6 Å². The molecule has 1 aliphatic rings. The van der Waals surface area contributed by atoms with Gasteiger partial charge in [-0.15, -0.1) is 0 Å². The zero-order chi connectivity index (χ0) is 16.4. The zero-order valence-electron chi connectivity index (χ0n) is 12.3. The Labute approximate surface area is 131 Å². The molecule has 120 valence electrons. The summed E-state index contributed by atoms with van der Waals surface area (Å²) < 4.78 is 26.0. The summed E-state index contributed by atoms with van der Waals surface area (Å²) in [6.45, 7) is 1.05. The van der Waals surface area contributed by atoms with Crippen molar-refractivity contribution in [2.24, 2.45) is 0 Å². The largest absolute Gasteiger partial charge is 0.338 e. The molecule has 0 fully saturated rings. The van der Waals surface area contributed by atoms with Crippen LogP contribution in [0.3, 0.4) is 0 Å². The zero-order valence-corrected chi connectivity index (χ0v) is 12.3. The van der Waals surface area contributed by atoms with Crippen molar-refractivity contribution in [2.45, 2.75) is 25.8 Å². The number of ketones is 1. The summed E-state index contributed by atoms with van der Waals surface area (Å²) in [6, 6.07) is 3.00. The lowest BCUT2D eigenvalue weighted by atomic mass is 10.0. The molecule has 1 N–H and O–H groups in total. The molecule has 2 heterocycles. The molecule has 0 saturated carbocycles. The number of benzene rings is 1. The Bertz CT molecular complexity index is 758. The minimum Gasteiger partial charge on any atom is -0.338 e. The van der Waals surface area contributed by atoms with Crippen molar-refractivity contribution in [3.8, 4) is 0 Å². The van der Waals surface area contributed by atoms with Crippen LogP contribution in [0.4, 0.5) is 8.78 Å². The van der Waals surface area contributed by atoms with Crippen molar-refractivity contribution < 1.29 is 18.4 Å². The molecular weight excluding hydrogens is 304 g/mol. The second-order valence-corrected chi connectivity index (χ2v) is 5.49. The van der Waals surface area contributed by atoms with Crippen LogP contribution >= 0.6 is 0 Å². The van der Waals surface area contributed by atoms with Crippen molar-refractivity contribution in [1.82, 2.24) is 15.1 Å². The van der Waals surface area contributed by atoms with Gasteiger partial charge in [0.25, 0.3) is 0 Å². The summed E-state index contributed by atoms with van der Waals surface area (Å²) in [5.74, 6) is -2.57. The Balaban J connectivity index is 1.57. The number of nitrogens with zero attached hydrogens (tertiary/aromatic N) is 2. The molecule has 0 atom stereocenters. The average Bonchev–Trinajstić information content (AvgIpc) is 3.02. The number of hydrogen-bond acceptors (Lipinski definition) is 3. The lowest BCUT2D eigenvalue weighted by molar-refractivity contribution is -0.132. The van der Waals surface area contributed by atoms with Gasteiger partial charge in [-0.2, -0.15) is 5.10 Å². The van der Waals surface area contributed by atoms with Crippen molar-refractivity contribution in [3.63, 3.8) is 0 Å². The average molecular weight is 319 g/mol. The molecule has 0 spiro atoms. The molecule has 0 bridgehead atoms. The number of hydrogen-bond donors (Lipinski definition) is 1. The molecule has 7 heteroatoms. The molecule has 5 nitrogen and oxygen atoms in total. The summed E-state index contributed by atoms with van der Waals surface area (Å²) >= 11 is 0. The molecule has 0 saturated heterocycles. The van der Waals surface area contributed by atoms with E-state index in [-0.39, 0.29) is 30.1 Å². The van der Waals surface area contributed by atoms with E-state index in [2.05, 4.69) is 10.2 Å². The highest BCUT2D eigenvalue weighted by molar-refractivity contribution is 5.97. The maximum atomic E-state index is 13.1. The fourth-order valence-corrected chi connectivity index (χ4v) is 2.63. The van der Waals surface area contributed by atoms with Crippen LogP contribution in [0.5, 0.6) is 0 Å². The van der Waals surface area contributed by atoms with E-state index in [4.69, 9.17) is 0 Å². The standard InChI is InChI=1S/C16H15F2N3O2/c17-12-2-1-10(7-13(12)18)15(22)3-4-16(23)21-6-5-14-11(9-21)8-19-20-14/h1-2,7-8H,3-6,9H2,(H,19,20). The molecule has 1 aromatic heterocycles. The first-order valence-electron chi connectivity index (χ1n) is 7.32. The monoisotopic (exact) mass is 319 g/mol. The molecule has 2 aromatic rings. The highest BCUT2D eigenvalue weighted by atomic mass is 19.2. The van der Waals surface area contributed by atoms with E-state index in [9.17, 15) is 18.4 Å². The number of rotatable bonds is 4. The highest BCUT2D eigenvalue weighted by Crippen LogP contribution is 2.18. The third kappa shape index (κ3) is 3.28. The smallest absolute Gasteiger partial charge is 0.223 e. The summed E-state index contributed by atoms with van der Waals surface area (Å²) in [7, 11) is 0. The van der Waals surface area contributed by atoms with Gasteiger partial charge in [0, 0.05) is 49.2 Å². The molecular formula is C16H15F2N3O2. The second kappa shape index (κ2) is 6.28. The molecule has 23 heavy (non-hydrogen) atoms. The van der Waals surface area contributed by atoms with E-state index in [1.54, 1.807) is 11.1 Å². The summed E-state index contributed by atoms with van der Waals surface area (Å²) in [5.41, 5.74) is 2.09. The maximum absolute atomic E-state index is 13.1. The molecule has 3 rings (SSSR count). The van der Waals surface area contributed by atoms with Crippen LogP contribution in [-0.4, -0.2) is 33.3 Å². The van der Waals surface area contributed by atoms with Crippen LogP contribution < -0.4 is 0 Å². The van der Waals surface area contributed by atoms with Crippen LogP contribution in [0.2, 0.25) is 0 Å². The van der Waals surface area contributed by atoms with Gasteiger partial charge in [0.05, 0.1) is 6.20 Å². The normalized spacial score (nSPS) is 13.7. The van der Waals surface area contributed by atoms with E-state index in [1.807, 2.05) is 0 Å². The highest BCUT2D eigenvalue weighted by Gasteiger charge is 2.22. The van der Waals surface area contributed by atoms with Crippen LogP contribution in [-0.2, 0) is 17.8 Å². The lowest BCUT2D eigenvalue weighted by Crippen LogP contribution is -2.35. The van der Waals surface area contributed by atoms with E-state index in [0.717, 1.165) is 23.4 Å². The third-order valence-electron chi connectivity index (χ3n) is 3.96. The van der Waals surface area contributed by atoms with Gasteiger partial charge in [-0.25, -0.2) is 8.78 Å². The number of Topliss-reactive ketones (excluding diaryl/α,β-unsaturated/α-hetero) is 1. The number of halogens is 2. The van der Waals surface area contributed by atoms with Gasteiger partial charge in [0.1, 0.15) is 0 Å². The van der Waals surface area contributed by atoms with E-state index in [0.29, 0.717) is 19.5 Å². The summed E-state index contributed by atoms with van der Waals surface area (Å²) in [5, 5.41) is 6.83. The van der Waals surface area contributed by atoms with Crippen molar-refractivity contribution >= 4 is 11.7 Å². The number of nitrogens with one attached hydrogen (secondary N) is 1. The minimum absolute atomic E-state index is 0.0291. The van der Waals surface area contributed by atoms with Gasteiger partial charge in [-0.3, -0.25) is 14.7 Å². The predicted octanol–water partition coefficient (Wildman–Crippen LogP) is 2.24. The van der Waals surface area contributed by atoms with Crippen molar-refractivity contribution in [2.75, 3.05) is 6.54 Å². The van der Waals surface area contributed by atoms with Gasteiger partial charge in [0.2, 0.25) is 5.91 Å². The van der Waals surface area contributed by atoms with Gasteiger partial charge >= 0.3 is 0 Å². The van der Waals surface area contributed by atoms with Gasteiger partial charge in [-0.1, -0.05) is 0 Å². The SMILES string of the molecule is O=C(CCC(=O)N1CCc2[nH]ncc2C1)c1ccc(F)c(F)c1. The molecule has 1 amide bonds. The molecule has 0 radical (unpaired) electrons. The summed E-state index contributed by atoms with van der Waals surface area (Å²) in [6.07, 6.45) is 2.42. The first kappa shape index (κ1) is 15.3. The van der Waals surface area contributed by atoms with Crippen LogP contribution in [0.15, 0.2) is 24.4 Å². The number of aromatic nitrogens is 2. The van der Waals surface area contributed by atoms with Gasteiger partial charge in [-0.05, 0) is 18.2 Å². The van der Waals surface area contributed by atoms with Crippen LogP contribution in [0.1, 0.15) is 34.5 Å². The Morgan fingerprint density at radius 2 is 2.04 bits per heavy atom. The third-order valence-corrected chi connectivity index (χ3v) is 3.96. The predicted molar refractivity (Wildman–Crippen MR) is 77.6 cm³/mol. The first-order valence-corrected chi connectivity index (χ1v) is 7.32. The molecule has 0 aliphatic carbocycles. The first-order chi connectivity index (χ1) is 11.0. The molecule has 0 unspecified atom stereocenters. The Kier molecular flexibility index (Phi) is 4.18. The van der Waals surface area contributed by atoms with E-state index < -0.39 is 11.6 Å². The number of carbonyl (C=O) groups excluding carboxylic acids is 2. The number of amides is 1. The lowest BCUT2D eigenvalue weighted by Gasteiger charge is -2.26. The van der Waals surface area contributed by atoms with Crippen LogP contribution in [0.25, 0.3) is 0 Å².